The molecule has 0 aromatic heterocycles. The van der Waals surface area contributed by atoms with Gasteiger partial charge in [-0.05, 0) is 48.4 Å². The predicted octanol–water partition coefficient (Wildman–Crippen LogP) is 4.46. The molecule has 2 aromatic rings. The monoisotopic (exact) mass is 395 g/mol. The zero-order chi connectivity index (χ0) is 16.8. The number of esters is 1. The van der Waals surface area contributed by atoms with Crippen molar-refractivity contribution < 1.29 is 14.3 Å². The maximum atomic E-state index is 11.9. The molecule has 0 saturated heterocycles. The Kier molecular flexibility index (Phi) is 6.19. The lowest BCUT2D eigenvalue weighted by molar-refractivity contribution is -0.119. The van der Waals surface area contributed by atoms with Crippen molar-refractivity contribution >= 4 is 45.1 Å². The highest BCUT2D eigenvalue weighted by Gasteiger charge is 2.12. The molecule has 0 bridgehead atoms. The number of halogens is 2. The number of benzene rings is 2. The van der Waals surface area contributed by atoms with E-state index in [2.05, 4.69) is 21.2 Å². The summed E-state index contributed by atoms with van der Waals surface area (Å²) < 4.78 is 5.94. The third kappa shape index (κ3) is 5.08. The number of amides is 1. The highest BCUT2D eigenvalue weighted by molar-refractivity contribution is 9.10. The van der Waals surface area contributed by atoms with Crippen LogP contribution >= 0.6 is 27.5 Å². The molecule has 120 valence electrons. The highest BCUT2D eigenvalue weighted by atomic mass is 79.9. The normalized spacial score (nSPS) is 10.2. The molecule has 0 radical (unpaired) electrons. The minimum absolute atomic E-state index is 0.309. The van der Waals surface area contributed by atoms with Gasteiger partial charge in [0, 0.05) is 15.2 Å². The van der Waals surface area contributed by atoms with E-state index in [-0.39, 0.29) is 6.61 Å². The van der Waals surface area contributed by atoms with E-state index in [1.165, 1.54) is 6.07 Å². The summed E-state index contributed by atoms with van der Waals surface area (Å²) >= 11 is 9.21. The minimum Gasteiger partial charge on any atom is -0.452 e. The third-order valence-electron chi connectivity index (χ3n) is 3.12. The molecule has 0 atom stereocenters. The van der Waals surface area contributed by atoms with Gasteiger partial charge >= 0.3 is 5.97 Å². The van der Waals surface area contributed by atoms with Crippen LogP contribution < -0.4 is 5.32 Å². The van der Waals surface area contributed by atoms with Crippen molar-refractivity contribution in [3.8, 4) is 0 Å². The van der Waals surface area contributed by atoms with Crippen molar-refractivity contribution in [1.29, 1.82) is 0 Å². The van der Waals surface area contributed by atoms with E-state index >= 15 is 0 Å². The van der Waals surface area contributed by atoms with Crippen molar-refractivity contribution in [2.45, 2.75) is 13.3 Å². The molecule has 23 heavy (non-hydrogen) atoms. The molecule has 0 heterocycles. The summed E-state index contributed by atoms with van der Waals surface area (Å²) in [6, 6.07) is 12.0. The number of rotatable bonds is 5. The lowest BCUT2D eigenvalue weighted by Crippen LogP contribution is -2.21. The molecule has 0 aliphatic carbocycles. The summed E-state index contributed by atoms with van der Waals surface area (Å²) in [7, 11) is 0. The van der Waals surface area contributed by atoms with Gasteiger partial charge in [-0.25, -0.2) is 4.79 Å². The molecule has 2 aromatic carbocycles. The fourth-order valence-electron chi connectivity index (χ4n) is 1.99. The summed E-state index contributed by atoms with van der Waals surface area (Å²) in [4.78, 5) is 23.8. The van der Waals surface area contributed by atoms with E-state index in [0.717, 1.165) is 16.5 Å². The molecule has 0 aliphatic rings. The Hall–Kier alpha value is -1.85. The van der Waals surface area contributed by atoms with Crippen molar-refractivity contribution in [3.05, 3.63) is 63.1 Å². The van der Waals surface area contributed by atoms with Gasteiger partial charge in [0.15, 0.2) is 6.61 Å². The third-order valence-corrected chi connectivity index (χ3v) is 3.85. The van der Waals surface area contributed by atoms with E-state index in [1.54, 1.807) is 24.3 Å². The van der Waals surface area contributed by atoms with Gasteiger partial charge < -0.3 is 10.1 Å². The summed E-state index contributed by atoms with van der Waals surface area (Å²) in [5.74, 6) is -0.980. The van der Waals surface area contributed by atoms with Gasteiger partial charge in [-0.2, -0.15) is 0 Å². The molecule has 1 amide bonds. The Morgan fingerprint density at radius 3 is 2.70 bits per heavy atom. The summed E-state index contributed by atoms with van der Waals surface area (Å²) in [5, 5.41) is 3.18. The van der Waals surface area contributed by atoms with Crippen LogP contribution in [-0.2, 0) is 16.0 Å². The Balaban J connectivity index is 1.94. The average molecular weight is 397 g/mol. The maximum absolute atomic E-state index is 11.9. The molecule has 0 saturated carbocycles. The van der Waals surface area contributed by atoms with Crippen LogP contribution in [0.15, 0.2) is 46.9 Å². The van der Waals surface area contributed by atoms with Gasteiger partial charge in [0.1, 0.15) is 0 Å². The molecule has 0 aliphatic heterocycles. The Morgan fingerprint density at radius 2 is 2.00 bits per heavy atom. The molecular weight excluding hydrogens is 382 g/mol. The van der Waals surface area contributed by atoms with E-state index in [9.17, 15) is 9.59 Å². The number of ether oxygens (including phenoxy) is 1. The second-order valence-corrected chi connectivity index (χ2v) is 6.14. The number of aryl methyl sites for hydroxylation is 1. The van der Waals surface area contributed by atoms with Gasteiger partial charge in [-0.3, -0.25) is 4.79 Å². The standard InChI is InChI=1S/C17H15BrClNO3/c1-2-11-8-13(18)6-7-15(11)20-16(21)10-23-17(22)12-4-3-5-14(19)9-12/h3-9H,2,10H2,1H3,(H,20,21). The predicted molar refractivity (Wildman–Crippen MR) is 93.9 cm³/mol. The number of anilines is 1. The number of hydrogen-bond donors (Lipinski definition) is 1. The Morgan fingerprint density at radius 1 is 1.22 bits per heavy atom. The summed E-state index contributed by atoms with van der Waals surface area (Å²) in [6.07, 6.45) is 0.775. The van der Waals surface area contributed by atoms with Crippen LogP contribution in [0.4, 0.5) is 5.69 Å². The molecule has 0 fully saturated rings. The van der Waals surface area contributed by atoms with Gasteiger partial charge in [-0.1, -0.05) is 40.5 Å². The first-order chi connectivity index (χ1) is 11.0. The maximum Gasteiger partial charge on any atom is 0.338 e. The SMILES string of the molecule is CCc1cc(Br)ccc1NC(=O)COC(=O)c1cccc(Cl)c1. The zero-order valence-electron chi connectivity index (χ0n) is 12.4. The summed E-state index contributed by atoms with van der Waals surface area (Å²) in [5.41, 5.74) is 2.01. The van der Waals surface area contributed by atoms with Crippen molar-refractivity contribution in [2.24, 2.45) is 0 Å². The first kappa shape index (κ1) is 17.5. The average Bonchev–Trinajstić information content (AvgIpc) is 2.54. The largest absolute Gasteiger partial charge is 0.452 e. The summed E-state index contributed by atoms with van der Waals surface area (Å²) in [6.45, 7) is 1.64. The molecule has 6 heteroatoms. The molecule has 2 rings (SSSR count). The van der Waals surface area contributed by atoms with Crippen LogP contribution in [0.25, 0.3) is 0 Å². The van der Waals surface area contributed by atoms with Gasteiger partial charge in [0.25, 0.3) is 5.91 Å². The van der Waals surface area contributed by atoms with Crippen LogP contribution in [0.3, 0.4) is 0 Å². The van der Waals surface area contributed by atoms with Crippen LogP contribution in [0, 0.1) is 0 Å². The van der Waals surface area contributed by atoms with Crippen LogP contribution in [0.1, 0.15) is 22.8 Å². The van der Waals surface area contributed by atoms with E-state index in [4.69, 9.17) is 16.3 Å². The highest BCUT2D eigenvalue weighted by Crippen LogP contribution is 2.21. The zero-order valence-corrected chi connectivity index (χ0v) is 14.8. The topological polar surface area (TPSA) is 55.4 Å². The minimum atomic E-state index is -0.589. The smallest absolute Gasteiger partial charge is 0.338 e. The fraction of sp³-hybridized carbons (Fsp3) is 0.176. The Bertz CT molecular complexity index is 734. The molecular formula is C17H15BrClNO3. The number of carbonyl (C=O) groups is 2. The van der Waals surface area contributed by atoms with Gasteiger partial charge in [0.05, 0.1) is 5.56 Å². The van der Waals surface area contributed by atoms with E-state index in [0.29, 0.717) is 16.3 Å². The van der Waals surface area contributed by atoms with E-state index < -0.39 is 11.9 Å². The van der Waals surface area contributed by atoms with Gasteiger partial charge in [0.2, 0.25) is 0 Å². The molecule has 4 nitrogen and oxygen atoms in total. The van der Waals surface area contributed by atoms with Crippen LogP contribution in [0.2, 0.25) is 5.02 Å². The van der Waals surface area contributed by atoms with E-state index in [1.807, 2.05) is 19.1 Å². The molecule has 1 N–H and O–H groups in total. The number of hydrogen-bond acceptors (Lipinski definition) is 3. The van der Waals surface area contributed by atoms with Crippen molar-refractivity contribution in [1.82, 2.24) is 0 Å². The van der Waals surface area contributed by atoms with Crippen molar-refractivity contribution in [2.75, 3.05) is 11.9 Å². The lowest BCUT2D eigenvalue weighted by atomic mass is 10.1. The first-order valence-electron chi connectivity index (χ1n) is 7.00. The second kappa shape index (κ2) is 8.13. The second-order valence-electron chi connectivity index (χ2n) is 4.79. The Labute approximate surface area is 147 Å². The van der Waals surface area contributed by atoms with Crippen molar-refractivity contribution in [3.63, 3.8) is 0 Å². The first-order valence-corrected chi connectivity index (χ1v) is 8.17. The quantitative estimate of drug-likeness (QED) is 0.759. The van der Waals surface area contributed by atoms with Crippen LogP contribution in [0.5, 0.6) is 0 Å². The van der Waals surface area contributed by atoms with Gasteiger partial charge in [-0.15, -0.1) is 0 Å². The molecule has 0 unspecified atom stereocenters. The number of nitrogens with one attached hydrogen (secondary N) is 1. The fourth-order valence-corrected chi connectivity index (χ4v) is 2.59. The number of carbonyl (C=O) groups excluding carboxylic acids is 2. The molecule has 0 spiro atoms. The van der Waals surface area contributed by atoms with Crippen LogP contribution in [-0.4, -0.2) is 18.5 Å². The lowest BCUT2D eigenvalue weighted by Gasteiger charge is -2.11.